The molecule has 0 aliphatic carbocycles. The molecule has 0 aliphatic heterocycles. The molecule has 0 saturated heterocycles. The Labute approximate surface area is 124 Å². The molecule has 2 aromatic rings. The van der Waals surface area contributed by atoms with Crippen LogP contribution in [0.25, 0.3) is 10.8 Å². The molecule has 0 aliphatic rings. The topological polar surface area (TPSA) is 42.0 Å². The number of nitrogens with one attached hydrogen (secondary N) is 1. The maximum atomic E-state index is 12.4. The van der Waals surface area contributed by atoms with E-state index < -0.39 is 0 Å². The number of benzene rings is 1. The van der Waals surface area contributed by atoms with Crippen LogP contribution in [0.2, 0.25) is 5.15 Å². The number of rotatable bonds is 4. The van der Waals surface area contributed by atoms with Crippen LogP contribution in [0.1, 0.15) is 37.6 Å². The van der Waals surface area contributed by atoms with Crippen LogP contribution < -0.4 is 5.32 Å². The van der Waals surface area contributed by atoms with E-state index in [1.807, 2.05) is 31.2 Å². The second-order valence-corrected chi connectivity index (χ2v) is 5.51. The zero-order chi connectivity index (χ0) is 14.7. The monoisotopic (exact) mass is 290 g/mol. The second kappa shape index (κ2) is 6.23. The van der Waals surface area contributed by atoms with Gasteiger partial charge in [0.15, 0.2) is 0 Å². The molecule has 0 saturated carbocycles. The SMILES string of the molecule is CCC(C)C(C)NC(=O)c1cnc(Cl)c2ccccc12. The summed E-state index contributed by atoms with van der Waals surface area (Å²) in [5.41, 5.74) is 0.570. The average Bonchev–Trinajstić information content (AvgIpc) is 2.46. The number of hydrogen-bond acceptors (Lipinski definition) is 2. The van der Waals surface area contributed by atoms with Gasteiger partial charge in [0.05, 0.1) is 5.56 Å². The molecule has 2 unspecified atom stereocenters. The fourth-order valence-corrected chi connectivity index (χ4v) is 2.33. The van der Waals surface area contributed by atoms with Crippen molar-refractivity contribution in [2.75, 3.05) is 0 Å². The fraction of sp³-hybridized carbons (Fsp3) is 0.375. The predicted octanol–water partition coefficient (Wildman–Crippen LogP) is 4.05. The van der Waals surface area contributed by atoms with E-state index in [2.05, 4.69) is 24.1 Å². The van der Waals surface area contributed by atoms with Gasteiger partial charge in [-0.25, -0.2) is 4.98 Å². The van der Waals surface area contributed by atoms with Crippen LogP contribution in [-0.2, 0) is 0 Å². The van der Waals surface area contributed by atoms with Gasteiger partial charge in [0.25, 0.3) is 5.91 Å². The molecule has 2 rings (SSSR count). The predicted molar refractivity (Wildman–Crippen MR) is 83.1 cm³/mol. The summed E-state index contributed by atoms with van der Waals surface area (Å²) in [4.78, 5) is 16.5. The highest BCUT2D eigenvalue weighted by molar-refractivity contribution is 6.34. The van der Waals surface area contributed by atoms with Gasteiger partial charge >= 0.3 is 0 Å². The number of amides is 1. The highest BCUT2D eigenvalue weighted by Gasteiger charge is 2.17. The lowest BCUT2D eigenvalue weighted by Gasteiger charge is -2.20. The maximum absolute atomic E-state index is 12.4. The van der Waals surface area contributed by atoms with Crippen LogP contribution in [0.4, 0.5) is 0 Å². The molecule has 0 spiro atoms. The lowest BCUT2D eigenvalue weighted by molar-refractivity contribution is 0.0929. The summed E-state index contributed by atoms with van der Waals surface area (Å²) in [7, 11) is 0. The standard InChI is InChI=1S/C16H19ClN2O/c1-4-10(2)11(3)19-16(20)14-9-18-15(17)13-8-6-5-7-12(13)14/h5-11H,4H2,1-3H3,(H,19,20). The highest BCUT2D eigenvalue weighted by Crippen LogP contribution is 2.24. The van der Waals surface area contributed by atoms with Gasteiger partial charge in [-0.15, -0.1) is 0 Å². The summed E-state index contributed by atoms with van der Waals surface area (Å²) in [5.74, 6) is 0.337. The lowest BCUT2D eigenvalue weighted by atomic mass is 10.00. The Morgan fingerprint density at radius 2 is 1.95 bits per heavy atom. The fourth-order valence-electron chi connectivity index (χ4n) is 2.12. The van der Waals surface area contributed by atoms with Gasteiger partial charge in [-0.2, -0.15) is 0 Å². The van der Waals surface area contributed by atoms with Crippen molar-refractivity contribution in [3.63, 3.8) is 0 Å². The quantitative estimate of drug-likeness (QED) is 0.863. The number of carbonyl (C=O) groups excluding carboxylic acids is 1. The van der Waals surface area contributed by atoms with Crippen LogP contribution in [0.15, 0.2) is 30.5 Å². The zero-order valence-electron chi connectivity index (χ0n) is 12.0. The lowest BCUT2D eigenvalue weighted by Crippen LogP contribution is -2.37. The zero-order valence-corrected chi connectivity index (χ0v) is 12.7. The van der Waals surface area contributed by atoms with Crippen molar-refractivity contribution in [1.82, 2.24) is 10.3 Å². The third kappa shape index (κ3) is 2.93. The number of nitrogens with zero attached hydrogens (tertiary/aromatic N) is 1. The molecule has 106 valence electrons. The first-order valence-corrected chi connectivity index (χ1v) is 7.26. The summed E-state index contributed by atoms with van der Waals surface area (Å²) in [6, 6.07) is 7.68. The largest absolute Gasteiger partial charge is 0.349 e. The van der Waals surface area contributed by atoms with Crippen LogP contribution in [0.3, 0.4) is 0 Å². The minimum absolute atomic E-state index is 0.0989. The molecule has 1 heterocycles. The van der Waals surface area contributed by atoms with Gasteiger partial charge in [0, 0.05) is 17.6 Å². The Hall–Kier alpha value is -1.61. The summed E-state index contributed by atoms with van der Waals surface area (Å²) in [5, 5.41) is 5.10. The Balaban J connectivity index is 2.34. The maximum Gasteiger partial charge on any atom is 0.253 e. The third-order valence-electron chi connectivity index (χ3n) is 3.85. The van der Waals surface area contributed by atoms with Crippen molar-refractivity contribution in [2.45, 2.75) is 33.2 Å². The molecule has 4 heteroatoms. The van der Waals surface area contributed by atoms with E-state index in [4.69, 9.17) is 11.6 Å². The number of halogens is 1. The molecule has 20 heavy (non-hydrogen) atoms. The van der Waals surface area contributed by atoms with Crippen molar-refractivity contribution < 1.29 is 4.79 Å². The molecule has 1 amide bonds. The van der Waals surface area contributed by atoms with Crippen molar-refractivity contribution in [3.05, 3.63) is 41.2 Å². The second-order valence-electron chi connectivity index (χ2n) is 5.16. The molecular formula is C16H19ClN2O. The first-order chi connectivity index (χ1) is 9.54. The van der Waals surface area contributed by atoms with E-state index in [-0.39, 0.29) is 11.9 Å². The molecule has 1 aromatic heterocycles. The Morgan fingerprint density at radius 1 is 1.30 bits per heavy atom. The molecular weight excluding hydrogens is 272 g/mol. The van der Waals surface area contributed by atoms with Crippen molar-refractivity contribution in [2.24, 2.45) is 5.92 Å². The molecule has 3 nitrogen and oxygen atoms in total. The molecule has 0 fully saturated rings. The third-order valence-corrected chi connectivity index (χ3v) is 4.15. The van der Waals surface area contributed by atoms with E-state index in [1.54, 1.807) is 6.20 Å². The summed E-state index contributed by atoms with van der Waals surface area (Å²) >= 11 is 6.07. The Bertz CT molecular complexity index is 627. The Morgan fingerprint density at radius 3 is 2.60 bits per heavy atom. The van der Waals surface area contributed by atoms with E-state index in [9.17, 15) is 4.79 Å². The first kappa shape index (κ1) is 14.8. The summed E-state index contributed by atoms with van der Waals surface area (Å²) in [6.45, 7) is 6.27. The molecule has 1 N–H and O–H groups in total. The summed E-state index contributed by atoms with van der Waals surface area (Å²) in [6.07, 6.45) is 2.57. The van der Waals surface area contributed by atoms with Gasteiger partial charge in [-0.1, -0.05) is 56.1 Å². The van der Waals surface area contributed by atoms with E-state index in [1.165, 1.54) is 0 Å². The minimum Gasteiger partial charge on any atom is -0.349 e. The normalized spacial score (nSPS) is 14.0. The number of fused-ring (bicyclic) bond motifs is 1. The highest BCUT2D eigenvalue weighted by atomic mass is 35.5. The van der Waals surface area contributed by atoms with Crippen LogP contribution in [-0.4, -0.2) is 16.9 Å². The van der Waals surface area contributed by atoms with Crippen LogP contribution >= 0.6 is 11.6 Å². The molecule has 0 radical (unpaired) electrons. The minimum atomic E-state index is -0.0989. The average molecular weight is 291 g/mol. The van der Waals surface area contributed by atoms with Crippen molar-refractivity contribution in [3.8, 4) is 0 Å². The van der Waals surface area contributed by atoms with Gasteiger partial charge in [0.1, 0.15) is 5.15 Å². The smallest absolute Gasteiger partial charge is 0.253 e. The van der Waals surface area contributed by atoms with Gasteiger partial charge in [-0.05, 0) is 18.2 Å². The molecule has 0 bridgehead atoms. The Kier molecular flexibility index (Phi) is 4.61. The number of pyridine rings is 1. The van der Waals surface area contributed by atoms with Gasteiger partial charge in [-0.3, -0.25) is 4.79 Å². The number of hydrogen-bond donors (Lipinski definition) is 1. The molecule has 1 aromatic carbocycles. The van der Waals surface area contributed by atoms with E-state index >= 15 is 0 Å². The van der Waals surface area contributed by atoms with Gasteiger partial charge in [0.2, 0.25) is 0 Å². The first-order valence-electron chi connectivity index (χ1n) is 6.88. The van der Waals surface area contributed by atoms with Gasteiger partial charge < -0.3 is 5.32 Å². The number of carbonyl (C=O) groups is 1. The van der Waals surface area contributed by atoms with Crippen molar-refractivity contribution >= 4 is 28.3 Å². The molecule has 2 atom stereocenters. The van der Waals surface area contributed by atoms with Crippen LogP contribution in [0.5, 0.6) is 0 Å². The van der Waals surface area contributed by atoms with Crippen molar-refractivity contribution in [1.29, 1.82) is 0 Å². The van der Waals surface area contributed by atoms with E-state index in [0.29, 0.717) is 16.6 Å². The van der Waals surface area contributed by atoms with E-state index in [0.717, 1.165) is 17.2 Å². The number of aromatic nitrogens is 1. The van der Waals surface area contributed by atoms with Crippen LogP contribution in [0, 0.1) is 5.92 Å². The summed E-state index contributed by atoms with van der Waals surface area (Å²) < 4.78 is 0.